The van der Waals surface area contributed by atoms with Crippen molar-refractivity contribution in [2.45, 2.75) is 59.3 Å². The Kier molecular flexibility index (Phi) is 8.13. The molecule has 2 aromatic rings. The van der Waals surface area contributed by atoms with Gasteiger partial charge in [0.2, 0.25) is 5.91 Å². The molecule has 5 nitrogen and oxygen atoms in total. The Morgan fingerprint density at radius 1 is 1.20 bits per heavy atom. The van der Waals surface area contributed by atoms with Crippen LogP contribution < -0.4 is 4.90 Å². The molecule has 3 rings (SSSR count). The van der Waals surface area contributed by atoms with Crippen LogP contribution in [0.5, 0.6) is 0 Å². The van der Waals surface area contributed by atoms with E-state index in [2.05, 4.69) is 46.8 Å². The van der Waals surface area contributed by atoms with E-state index in [0.717, 1.165) is 34.6 Å². The number of rotatable bonds is 8. The van der Waals surface area contributed by atoms with Crippen molar-refractivity contribution in [1.29, 1.82) is 0 Å². The Bertz CT molecular complexity index is 1120. The summed E-state index contributed by atoms with van der Waals surface area (Å²) in [6.07, 6.45) is 4.10. The number of hydrogen-bond donors (Lipinski definition) is 1. The molecular weight excluding hydrogens is 462 g/mol. The van der Waals surface area contributed by atoms with Gasteiger partial charge >= 0.3 is 5.97 Å². The van der Waals surface area contributed by atoms with Crippen molar-refractivity contribution in [3.8, 4) is 0 Å². The maximum absolute atomic E-state index is 13.4. The SMILES string of the molecule is COC[C@H](C)C1=CN(c2ccc(C(=O)O)cc2)C(=O)C[C@@]1(C)c1ccc(CCC(C)(C)C)c(Cl)c1. The zero-order valence-electron chi connectivity index (χ0n) is 21.5. The van der Waals surface area contributed by atoms with Crippen molar-refractivity contribution in [3.05, 3.63) is 76.0 Å². The average molecular weight is 498 g/mol. The minimum absolute atomic E-state index is 0.0539. The molecule has 0 radical (unpaired) electrons. The molecule has 188 valence electrons. The number of carbonyl (C=O) groups is 2. The maximum Gasteiger partial charge on any atom is 0.335 e. The molecule has 1 N–H and O–H groups in total. The molecule has 0 aliphatic carbocycles. The van der Waals surface area contributed by atoms with Crippen LogP contribution in [0.3, 0.4) is 0 Å². The molecular formula is C29H36ClNO4. The van der Waals surface area contributed by atoms with E-state index in [0.29, 0.717) is 12.3 Å². The number of anilines is 1. The molecule has 0 saturated heterocycles. The Morgan fingerprint density at radius 2 is 1.86 bits per heavy atom. The number of aryl methyl sites for hydroxylation is 1. The second-order valence-corrected chi connectivity index (χ2v) is 11.3. The number of halogens is 1. The van der Waals surface area contributed by atoms with Gasteiger partial charge in [-0.2, -0.15) is 0 Å². The maximum atomic E-state index is 13.4. The predicted octanol–water partition coefficient (Wildman–Crippen LogP) is 6.88. The highest BCUT2D eigenvalue weighted by atomic mass is 35.5. The van der Waals surface area contributed by atoms with Crippen LogP contribution in [-0.4, -0.2) is 30.7 Å². The van der Waals surface area contributed by atoms with Gasteiger partial charge in [-0.05, 0) is 65.3 Å². The summed E-state index contributed by atoms with van der Waals surface area (Å²) in [5, 5.41) is 9.93. The topological polar surface area (TPSA) is 66.8 Å². The zero-order valence-corrected chi connectivity index (χ0v) is 22.3. The molecule has 0 bridgehead atoms. The van der Waals surface area contributed by atoms with Crippen molar-refractivity contribution >= 4 is 29.2 Å². The normalized spacial score (nSPS) is 19.5. The fourth-order valence-electron chi connectivity index (χ4n) is 4.71. The third-order valence-electron chi connectivity index (χ3n) is 6.85. The highest BCUT2D eigenvalue weighted by Crippen LogP contribution is 2.44. The fraction of sp³-hybridized carbons (Fsp3) is 0.448. The van der Waals surface area contributed by atoms with E-state index in [-0.39, 0.29) is 29.2 Å². The molecule has 1 heterocycles. The molecule has 35 heavy (non-hydrogen) atoms. The number of carboxylic acid groups (broad SMARTS) is 1. The predicted molar refractivity (Wildman–Crippen MR) is 141 cm³/mol. The number of carboxylic acids is 1. The standard InChI is InChI=1S/C29H36ClNO4/c1-19(18-35-6)24-17-31(23-11-8-21(9-12-23)27(33)34)26(32)16-29(24,5)22-10-7-20(25(30)15-22)13-14-28(2,3)4/h7-12,15,17,19H,13-14,16,18H2,1-6H3,(H,33,34)/t19-,29-/m0/s1. The number of methoxy groups -OCH3 is 1. The Hall–Kier alpha value is -2.63. The molecule has 2 aromatic carbocycles. The molecule has 0 saturated carbocycles. The van der Waals surface area contributed by atoms with Gasteiger partial charge in [-0.1, -0.05) is 58.4 Å². The van der Waals surface area contributed by atoms with Crippen LogP contribution in [0, 0.1) is 11.3 Å². The third-order valence-corrected chi connectivity index (χ3v) is 7.21. The van der Waals surface area contributed by atoms with Gasteiger partial charge in [0.1, 0.15) is 0 Å². The number of carbonyl (C=O) groups excluding carboxylic acids is 1. The zero-order chi connectivity index (χ0) is 26.0. The lowest BCUT2D eigenvalue weighted by Gasteiger charge is -2.42. The Labute approximate surface area is 213 Å². The summed E-state index contributed by atoms with van der Waals surface area (Å²) in [4.78, 5) is 26.2. The van der Waals surface area contributed by atoms with Crippen molar-refractivity contribution < 1.29 is 19.4 Å². The summed E-state index contributed by atoms with van der Waals surface area (Å²) in [5.74, 6) is -1.00. The first-order chi connectivity index (χ1) is 16.4. The van der Waals surface area contributed by atoms with E-state index in [1.807, 2.05) is 12.3 Å². The van der Waals surface area contributed by atoms with Crippen molar-refractivity contribution in [2.24, 2.45) is 11.3 Å². The molecule has 1 aliphatic rings. The van der Waals surface area contributed by atoms with Crippen LogP contribution in [0.4, 0.5) is 5.69 Å². The molecule has 6 heteroatoms. The summed E-state index contributed by atoms with van der Waals surface area (Å²) in [6, 6.07) is 12.6. The summed E-state index contributed by atoms with van der Waals surface area (Å²) in [5.41, 5.74) is 3.69. The van der Waals surface area contributed by atoms with Gasteiger partial charge in [-0.25, -0.2) is 4.79 Å². The number of benzene rings is 2. The third kappa shape index (κ3) is 6.14. The molecule has 1 aliphatic heterocycles. The number of ether oxygens (including phenoxy) is 1. The average Bonchev–Trinajstić information content (AvgIpc) is 2.78. The van der Waals surface area contributed by atoms with Gasteiger partial charge in [0.05, 0.1) is 12.2 Å². The van der Waals surface area contributed by atoms with Gasteiger partial charge < -0.3 is 9.84 Å². The smallest absolute Gasteiger partial charge is 0.335 e. The largest absolute Gasteiger partial charge is 0.478 e. The molecule has 0 aromatic heterocycles. The van der Waals surface area contributed by atoms with E-state index < -0.39 is 11.4 Å². The summed E-state index contributed by atoms with van der Waals surface area (Å²) in [7, 11) is 1.67. The number of aromatic carboxylic acids is 1. The van der Waals surface area contributed by atoms with Gasteiger partial charge in [-0.3, -0.25) is 9.69 Å². The first-order valence-electron chi connectivity index (χ1n) is 12.0. The van der Waals surface area contributed by atoms with E-state index in [9.17, 15) is 14.7 Å². The van der Waals surface area contributed by atoms with E-state index in [1.54, 1.807) is 24.1 Å². The van der Waals surface area contributed by atoms with Crippen molar-refractivity contribution in [2.75, 3.05) is 18.6 Å². The van der Waals surface area contributed by atoms with E-state index in [4.69, 9.17) is 16.3 Å². The van der Waals surface area contributed by atoms with Crippen LogP contribution in [0.25, 0.3) is 0 Å². The van der Waals surface area contributed by atoms with E-state index >= 15 is 0 Å². The fourth-order valence-corrected chi connectivity index (χ4v) is 4.98. The van der Waals surface area contributed by atoms with Crippen LogP contribution in [-0.2, 0) is 21.4 Å². The summed E-state index contributed by atoms with van der Waals surface area (Å²) < 4.78 is 5.47. The number of amides is 1. The number of hydrogen-bond acceptors (Lipinski definition) is 3. The highest BCUT2D eigenvalue weighted by molar-refractivity contribution is 6.31. The second-order valence-electron chi connectivity index (χ2n) is 10.9. The van der Waals surface area contributed by atoms with Gasteiger partial charge in [0, 0.05) is 41.8 Å². The minimum atomic E-state index is -0.998. The minimum Gasteiger partial charge on any atom is -0.478 e. The first-order valence-corrected chi connectivity index (χ1v) is 12.4. The Morgan fingerprint density at radius 3 is 2.40 bits per heavy atom. The quantitative estimate of drug-likeness (QED) is 0.431. The molecule has 0 spiro atoms. The molecule has 2 atom stereocenters. The van der Waals surface area contributed by atoms with Crippen LogP contribution in [0.1, 0.15) is 68.9 Å². The first kappa shape index (κ1) is 27.0. The monoisotopic (exact) mass is 497 g/mol. The van der Waals surface area contributed by atoms with Gasteiger partial charge in [-0.15, -0.1) is 0 Å². The van der Waals surface area contributed by atoms with Crippen LogP contribution in [0.2, 0.25) is 5.02 Å². The summed E-state index contributed by atoms with van der Waals surface area (Å²) >= 11 is 6.74. The van der Waals surface area contributed by atoms with Crippen LogP contribution in [0.15, 0.2) is 54.2 Å². The van der Waals surface area contributed by atoms with Gasteiger partial charge in [0.15, 0.2) is 0 Å². The van der Waals surface area contributed by atoms with Crippen LogP contribution >= 0.6 is 11.6 Å². The summed E-state index contributed by atoms with van der Waals surface area (Å²) in [6.45, 7) is 11.4. The van der Waals surface area contributed by atoms with Crippen molar-refractivity contribution in [1.82, 2.24) is 0 Å². The van der Waals surface area contributed by atoms with Gasteiger partial charge in [0.25, 0.3) is 0 Å². The van der Waals surface area contributed by atoms with E-state index in [1.165, 1.54) is 12.1 Å². The second kappa shape index (κ2) is 10.5. The lowest BCUT2D eigenvalue weighted by molar-refractivity contribution is -0.119. The molecule has 0 fully saturated rings. The lowest BCUT2D eigenvalue weighted by atomic mass is 9.67. The lowest BCUT2D eigenvalue weighted by Crippen LogP contribution is -2.43. The highest BCUT2D eigenvalue weighted by Gasteiger charge is 2.41. The molecule has 1 amide bonds. The number of nitrogens with zero attached hydrogens (tertiary/aromatic N) is 1. The van der Waals surface area contributed by atoms with Crippen molar-refractivity contribution in [3.63, 3.8) is 0 Å². The molecule has 0 unspecified atom stereocenters. The Balaban J connectivity index is 2.01.